The Bertz CT molecular complexity index is 1250. The first-order chi connectivity index (χ1) is 33.3. The quantitative estimate of drug-likeness (QED) is 0.0264. The molecule has 0 aromatic carbocycles. The van der Waals surface area contributed by atoms with Gasteiger partial charge >= 0.3 is 19.8 Å². The van der Waals surface area contributed by atoms with Gasteiger partial charge in [-0.2, -0.15) is 0 Å². The molecule has 0 aliphatic heterocycles. The van der Waals surface area contributed by atoms with Gasteiger partial charge in [0.25, 0.3) is 0 Å². The number of phosphoric acid groups is 1. The van der Waals surface area contributed by atoms with Crippen molar-refractivity contribution in [3.05, 3.63) is 48.6 Å². The van der Waals surface area contributed by atoms with Crippen LogP contribution in [0.15, 0.2) is 48.6 Å². The zero-order chi connectivity index (χ0) is 49.5. The number of hydrogen-bond donors (Lipinski definition) is 2. The van der Waals surface area contributed by atoms with Crippen molar-refractivity contribution < 1.29 is 37.6 Å². The summed E-state index contributed by atoms with van der Waals surface area (Å²) < 4.78 is 33.0. The summed E-state index contributed by atoms with van der Waals surface area (Å²) in [7, 11) is -4.39. The smallest absolute Gasteiger partial charge is 0.462 e. The Balaban J connectivity index is 3.95. The van der Waals surface area contributed by atoms with E-state index in [0.29, 0.717) is 6.42 Å². The maximum absolute atomic E-state index is 12.7. The van der Waals surface area contributed by atoms with Crippen LogP contribution in [0, 0.1) is 0 Å². The topological polar surface area (TPSA) is 134 Å². The van der Waals surface area contributed by atoms with Crippen molar-refractivity contribution in [3.63, 3.8) is 0 Å². The Kier molecular flexibility index (Phi) is 52.7. The summed E-state index contributed by atoms with van der Waals surface area (Å²) in [6, 6.07) is 0. The van der Waals surface area contributed by atoms with Crippen molar-refractivity contribution >= 4 is 19.8 Å². The summed E-state index contributed by atoms with van der Waals surface area (Å²) in [5.74, 6) is -0.824. The molecule has 0 spiro atoms. The Morgan fingerprint density at radius 3 is 1.15 bits per heavy atom. The van der Waals surface area contributed by atoms with Gasteiger partial charge in [-0.3, -0.25) is 18.6 Å². The van der Waals surface area contributed by atoms with Crippen LogP contribution in [0.3, 0.4) is 0 Å². The molecule has 9 nitrogen and oxygen atoms in total. The summed E-state index contributed by atoms with van der Waals surface area (Å²) in [5.41, 5.74) is 5.38. The van der Waals surface area contributed by atoms with Gasteiger partial charge in [-0.1, -0.05) is 236 Å². The second-order valence-corrected chi connectivity index (χ2v) is 20.6. The molecular formula is C58H108NO8P. The van der Waals surface area contributed by atoms with E-state index in [1.807, 2.05) is 0 Å². The van der Waals surface area contributed by atoms with Gasteiger partial charge in [0.2, 0.25) is 0 Å². The molecular weight excluding hydrogens is 870 g/mol. The number of unbranched alkanes of at least 4 members (excludes halogenated alkanes) is 33. The predicted molar refractivity (Wildman–Crippen MR) is 289 cm³/mol. The van der Waals surface area contributed by atoms with Gasteiger partial charge in [0.1, 0.15) is 6.61 Å². The van der Waals surface area contributed by atoms with E-state index in [1.165, 1.54) is 180 Å². The Hall–Kier alpha value is -2.03. The first-order valence-corrected chi connectivity index (χ1v) is 30.1. The molecule has 0 aromatic rings. The molecule has 398 valence electrons. The van der Waals surface area contributed by atoms with Crippen molar-refractivity contribution in [3.8, 4) is 0 Å². The molecule has 2 atom stereocenters. The van der Waals surface area contributed by atoms with E-state index in [9.17, 15) is 19.0 Å². The van der Waals surface area contributed by atoms with Crippen molar-refractivity contribution in [2.45, 2.75) is 283 Å². The molecule has 3 N–H and O–H groups in total. The molecule has 0 saturated heterocycles. The molecule has 0 saturated carbocycles. The number of phosphoric ester groups is 1. The van der Waals surface area contributed by atoms with Crippen LogP contribution < -0.4 is 5.73 Å². The van der Waals surface area contributed by atoms with Crippen molar-refractivity contribution in [2.24, 2.45) is 5.73 Å². The van der Waals surface area contributed by atoms with Crippen LogP contribution in [0.4, 0.5) is 0 Å². The molecule has 0 heterocycles. The molecule has 0 aliphatic rings. The molecule has 10 heteroatoms. The largest absolute Gasteiger partial charge is 0.472 e. The molecule has 68 heavy (non-hydrogen) atoms. The van der Waals surface area contributed by atoms with Crippen LogP contribution in [0.2, 0.25) is 0 Å². The third-order valence-corrected chi connectivity index (χ3v) is 13.4. The number of ether oxygens (including phenoxy) is 2. The van der Waals surface area contributed by atoms with Crippen molar-refractivity contribution in [2.75, 3.05) is 26.4 Å². The number of allylic oxidation sites excluding steroid dienone is 8. The van der Waals surface area contributed by atoms with E-state index in [1.54, 1.807) is 0 Å². The highest BCUT2D eigenvalue weighted by Gasteiger charge is 2.26. The first-order valence-electron chi connectivity index (χ1n) is 28.6. The van der Waals surface area contributed by atoms with E-state index in [0.717, 1.165) is 64.2 Å². The minimum atomic E-state index is -4.39. The van der Waals surface area contributed by atoms with Crippen LogP contribution in [-0.4, -0.2) is 49.3 Å². The van der Waals surface area contributed by atoms with Crippen LogP contribution in [0.1, 0.15) is 277 Å². The summed E-state index contributed by atoms with van der Waals surface area (Å²) in [6.45, 7) is 3.75. The second-order valence-electron chi connectivity index (χ2n) is 19.2. The fraction of sp³-hybridized carbons (Fsp3) is 0.828. The average Bonchev–Trinajstić information content (AvgIpc) is 3.33. The molecule has 0 bridgehead atoms. The van der Waals surface area contributed by atoms with Gasteiger partial charge in [0.15, 0.2) is 6.10 Å². The average molecular weight is 978 g/mol. The molecule has 0 aliphatic carbocycles. The molecule has 0 rings (SSSR count). The monoisotopic (exact) mass is 978 g/mol. The fourth-order valence-corrected chi connectivity index (χ4v) is 8.93. The fourth-order valence-electron chi connectivity index (χ4n) is 8.17. The third-order valence-electron chi connectivity index (χ3n) is 12.4. The highest BCUT2D eigenvalue weighted by atomic mass is 31.2. The van der Waals surface area contributed by atoms with Gasteiger partial charge in [0.05, 0.1) is 13.2 Å². The molecule has 0 aromatic heterocycles. The maximum Gasteiger partial charge on any atom is 0.472 e. The lowest BCUT2D eigenvalue weighted by atomic mass is 10.0. The van der Waals surface area contributed by atoms with E-state index >= 15 is 0 Å². The third kappa shape index (κ3) is 53.3. The van der Waals surface area contributed by atoms with Gasteiger partial charge < -0.3 is 20.1 Å². The molecule has 0 amide bonds. The van der Waals surface area contributed by atoms with Crippen LogP contribution in [0.25, 0.3) is 0 Å². The first kappa shape index (κ1) is 66.0. The standard InChI is InChI=1S/C58H108NO8P/c1-3-5-7-9-11-13-15-17-19-21-23-24-25-26-27-28-29-30-31-32-33-35-37-39-41-43-45-47-49-51-58(61)67-56(55-66-68(62,63)65-53-52-59)54-64-57(60)50-48-46-44-42-40-38-36-34-22-20-18-16-14-12-10-8-6-4-2/h15,17,20-23,25-26,56H,3-14,16,18-19,24,27-55,59H2,1-2H3,(H,62,63)/b17-15-,22-20-,23-21-,26-25-. The Labute approximate surface area is 419 Å². The van der Waals surface area contributed by atoms with E-state index in [4.69, 9.17) is 24.3 Å². The maximum atomic E-state index is 12.7. The van der Waals surface area contributed by atoms with Crippen LogP contribution in [-0.2, 0) is 32.7 Å². The van der Waals surface area contributed by atoms with Gasteiger partial charge in [-0.25, -0.2) is 4.57 Å². The van der Waals surface area contributed by atoms with E-state index in [2.05, 4.69) is 62.5 Å². The van der Waals surface area contributed by atoms with E-state index < -0.39 is 26.5 Å². The Morgan fingerprint density at radius 1 is 0.441 bits per heavy atom. The van der Waals surface area contributed by atoms with Crippen LogP contribution >= 0.6 is 7.82 Å². The molecule has 2 unspecified atom stereocenters. The van der Waals surface area contributed by atoms with E-state index in [-0.39, 0.29) is 38.6 Å². The number of hydrogen-bond acceptors (Lipinski definition) is 8. The number of esters is 2. The lowest BCUT2D eigenvalue weighted by Crippen LogP contribution is -2.29. The summed E-state index contributed by atoms with van der Waals surface area (Å²) >= 11 is 0. The SMILES string of the molecule is CCCCCCC/C=C\C/C=C\C/C=C\CCCCCCCCCCCCCCCCC(=O)OC(COC(=O)CCCCCCCCC/C=C\CCCCCCCCC)COP(=O)(O)OCCN. The predicted octanol–water partition coefficient (Wildman–Crippen LogP) is 17.8. The van der Waals surface area contributed by atoms with Gasteiger partial charge in [-0.05, 0) is 77.0 Å². The minimum absolute atomic E-state index is 0.0527. The summed E-state index contributed by atoms with van der Waals surface area (Å²) in [5, 5.41) is 0. The van der Waals surface area contributed by atoms with Crippen LogP contribution in [0.5, 0.6) is 0 Å². The molecule has 0 radical (unpaired) electrons. The zero-order valence-electron chi connectivity index (χ0n) is 44.3. The summed E-state index contributed by atoms with van der Waals surface area (Å²) in [6.07, 6.45) is 65.9. The number of carbonyl (C=O) groups is 2. The van der Waals surface area contributed by atoms with Crippen molar-refractivity contribution in [1.82, 2.24) is 0 Å². The number of carbonyl (C=O) groups excluding carboxylic acids is 2. The lowest BCUT2D eigenvalue weighted by Gasteiger charge is -2.19. The van der Waals surface area contributed by atoms with Gasteiger partial charge in [0, 0.05) is 19.4 Å². The normalized spacial score (nSPS) is 13.4. The number of nitrogens with two attached hydrogens (primary N) is 1. The lowest BCUT2D eigenvalue weighted by molar-refractivity contribution is -0.161. The van der Waals surface area contributed by atoms with Gasteiger partial charge in [-0.15, -0.1) is 0 Å². The highest BCUT2D eigenvalue weighted by molar-refractivity contribution is 7.47. The second kappa shape index (κ2) is 54.3. The van der Waals surface area contributed by atoms with Crippen molar-refractivity contribution in [1.29, 1.82) is 0 Å². The Morgan fingerprint density at radius 2 is 0.765 bits per heavy atom. The summed E-state index contributed by atoms with van der Waals surface area (Å²) in [4.78, 5) is 35.1. The number of rotatable bonds is 54. The highest BCUT2D eigenvalue weighted by Crippen LogP contribution is 2.43. The molecule has 0 fully saturated rings. The zero-order valence-corrected chi connectivity index (χ0v) is 45.2. The minimum Gasteiger partial charge on any atom is -0.462 e.